The highest BCUT2D eigenvalue weighted by molar-refractivity contribution is 5.91. The minimum absolute atomic E-state index is 0.00639. The van der Waals surface area contributed by atoms with Gasteiger partial charge in [0.05, 0.1) is 39.1 Å². The molecule has 0 radical (unpaired) electrons. The van der Waals surface area contributed by atoms with Crippen LogP contribution in [-0.2, 0) is 32.2 Å². The minimum atomic E-state index is -0.691. The highest BCUT2D eigenvalue weighted by atomic mass is 16.5. The van der Waals surface area contributed by atoms with Crippen LogP contribution in [0.1, 0.15) is 51.2 Å². The van der Waals surface area contributed by atoms with E-state index < -0.39 is 16.9 Å². The van der Waals surface area contributed by atoms with Crippen molar-refractivity contribution in [2.24, 2.45) is 16.7 Å². The van der Waals surface area contributed by atoms with Gasteiger partial charge in [-0.1, -0.05) is 74.5 Å². The summed E-state index contributed by atoms with van der Waals surface area (Å²) in [5.74, 6) is -0.349. The molecular weight excluding hydrogens is 440 g/mol. The molecule has 2 aliphatic rings. The van der Waals surface area contributed by atoms with Gasteiger partial charge in [-0.2, -0.15) is 0 Å². The number of benzene rings is 2. The van der Waals surface area contributed by atoms with E-state index in [-0.39, 0.29) is 18.0 Å². The maximum Gasteiger partial charge on any atom is 0.334 e. The van der Waals surface area contributed by atoms with Gasteiger partial charge in [0.1, 0.15) is 0 Å². The number of rotatable bonds is 8. The minimum Gasteiger partial charge on any atom is -0.466 e. The second kappa shape index (κ2) is 10.7. The molecule has 5 heteroatoms. The lowest BCUT2D eigenvalue weighted by molar-refractivity contribution is -0.175. The number of ether oxygens (including phenoxy) is 3. The quantitative estimate of drug-likeness (QED) is 0.510. The molecule has 2 aromatic rings. The molecule has 0 saturated heterocycles. The molecule has 5 atom stereocenters. The Hall–Kier alpha value is -2.47. The third kappa shape index (κ3) is 5.09. The number of carbonyl (C=O) groups is 1. The first-order valence-corrected chi connectivity index (χ1v) is 12.5. The number of aliphatic hydroxyl groups excluding tert-OH is 1. The molecule has 0 bridgehead atoms. The first-order chi connectivity index (χ1) is 16.8. The summed E-state index contributed by atoms with van der Waals surface area (Å²) in [6.45, 7) is 7.72. The average Bonchev–Trinajstić information content (AvgIpc) is 2.86. The fourth-order valence-corrected chi connectivity index (χ4v) is 6.43. The van der Waals surface area contributed by atoms with Crippen LogP contribution in [0.15, 0.2) is 71.8 Å². The molecule has 0 unspecified atom stereocenters. The Labute approximate surface area is 209 Å². The zero-order valence-electron chi connectivity index (χ0n) is 21.3. The second-order valence-electron chi connectivity index (χ2n) is 10.6. The largest absolute Gasteiger partial charge is 0.466 e. The predicted octanol–water partition coefficient (Wildman–Crippen LogP) is 5.47. The van der Waals surface area contributed by atoms with E-state index in [0.717, 1.165) is 29.5 Å². The van der Waals surface area contributed by atoms with E-state index in [1.165, 1.54) is 7.11 Å². The topological polar surface area (TPSA) is 65.0 Å². The van der Waals surface area contributed by atoms with Crippen molar-refractivity contribution in [3.8, 4) is 0 Å². The Balaban J connectivity index is 1.64. The van der Waals surface area contributed by atoms with Gasteiger partial charge in [-0.25, -0.2) is 4.79 Å². The van der Waals surface area contributed by atoms with Crippen LogP contribution >= 0.6 is 0 Å². The molecule has 0 aliphatic heterocycles. The Morgan fingerprint density at radius 1 is 1.00 bits per heavy atom. The predicted molar refractivity (Wildman–Crippen MR) is 135 cm³/mol. The van der Waals surface area contributed by atoms with E-state index in [2.05, 4.69) is 38.1 Å². The van der Waals surface area contributed by atoms with Crippen molar-refractivity contribution in [3.05, 3.63) is 82.9 Å². The standard InChI is InChI=1S/C30H38O5/c1-21-24(31)17-25-29(2,27(21)28(32)33-4)16-15-26(35-19-23-13-9-6-10-14-23)30(25,3)20-34-18-22-11-7-5-8-12-22/h5-14,24-26,31H,15-20H2,1-4H3/t24-,25+,26-,29-,30-/m0/s1. The molecule has 4 rings (SSSR count). The number of aliphatic hydroxyl groups is 1. The van der Waals surface area contributed by atoms with Gasteiger partial charge in [0.2, 0.25) is 0 Å². The van der Waals surface area contributed by atoms with Crippen LogP contribution in [0.5, 0.6) is 0 Å². The normalized spacial score (nSPS) is 30.6. The fourth-order valence-electron chi connectivity index (χ4n) is 6.43. The summed E-state index contributed by atoms with van der Waals surface area (Å²) in [5, 5.41) is 11.0. The SMILES string of the molecule is COC(=O)C1=C(C)[C@@H](O)C[C@H]2[C@](C)(COCc3ccccc3)[C@@H](OCc3ccccc3)CC[C@]12C. The van der Waals surface area contributed by atoms with Crippen molar-refractivity contribution in [1.82, 2.24) is 0 Å². The molecule has 2 aromatic carbocycles. The fraction of sp³-hybridized carbons (Fsp3) is 0.500. The van der Waals surface area contributed by atoms with Crippen molar-refractivity contribution in [3.63, 3.8) is 0 Å². The molecular formula is C30H38O5. The average molecular weight is 479 g/mol. The van der Waals surface area contributed by atoms with Crippen LogP contribution in [0, 0.1) is 16.7 Å². The zero-order valence-corrected chi connectivity index (χ0v) is 21.3. The van der Waals surface area contributed by atoms with Gasteiger partial charge in [0, 0.05) is 16.4 Å². The molecule has 2 aliphatic carbocycles. The van der Waals surface area contributed by atoms with E-state index in [1.807, 2.05) is 43.3 Å². The van der Waals surface area contributed by atoms with Crippen LogP contribution in [-0.4, -0.2) is 37.0 Å². The van der Waals surface area contributed by atoms with E-state index in [9.17, 15) is 9.90 Å². The van der Waals surface area contributed by atoms with Crippen LogP contribution in [0.25, 0.3) is 0 Å². The summed E-state index contributed by atoms with van der Waals surface area (Å²) in [6.07, 6.45) is 1.40. The summed E-state index contributed by atoms with van der Waals surface area (Å²) in [7, 11) is 1.42. The number of hydrogen-bond donors (Lipinski definition) is 1. The van der Waals surface area contributed by atoms with Crippen LogP contribution in [0.2, 0.25) is 0 Å². The highest BCUT2D eigenvalue weighted by Gasteiger charge is 2.59. The van der Waals surface area contributed by atoms with Crippen LogP contribution in [0.3, 0.4) is 0 Å². The van der Waals surface area contributed by atoms with Crippen molar-refractivity contribution in [2.45, 2.75) is 65.5 Å². The molecule has 0 amide bonds. The van der Waals surface area contributed by atoms with E-state index in [4.69, 9.17) is 14.2 Å². The number of hydrogen-bond acceptors (Lipinski definition) is 5. The maximum absolute atomic E-state index is 12.9. The summed E-state index contributed by atoms with van der Waals surface area (Å²) < 4.78 is 18.1. The van der Waals surface area contributed by atoms with E-state index in [1.54, 1.807) is 0 Å². The maximum atomic E-state index is 12.9. The third-order valence-electron chi connectivity index (χ3n) is 8.36. The number of carbonyl (C=O) groups excluding carboxylic acids is 1. The van der Waals surface area contributed by atoms with Gasteiger partial charge in [0.15, 0.2) is 0 Å². The molecule has 1 N–H and O–H groups in total. The van der Waals surface area contributed by atoms with E-state index >= 15 is 0 Å². The molecule has 0 spiro atoms. The Kier molecular flexibility index (Phi) is 7.80. The van der Waals surface area contributed by atoms with Gasteiger partial charge >= 0.3 is 5.97 Å². The van der Waals surface area contributed by atoms with Crippen molar-refractivity contribution in [1.29, 1.82) is 0 Å². The summed E-state index contributed by atoms with van der Waals surface area (Å²) in [6, 6.07) is 20.3. The van der Waals surface area contributed by atoms with Crippen LogP contribution in [0.4, 0.5) is 0 Å². The van der Waals surface area contributed by atoms with Crippen LogP contribution < -0.4 is 0 Å². The Morgan fingerprint density at radius 3 is 2.20 bits per heavy atom. The number of methoxy groups -OCH3 is 1. The molecule has 35 heavy (non-hydrogen) atoms. The molecule has 1 saturated carbocycles. The van der Waals surface area contributed by atoms with E-state index in [0.29, 0.717) is 31.8 Å². The van der Waals surface area contributed by atoms with Gasteiger partial charge in [-0.05, 0) is 48.8 Å². The Morgan fingerprint density at radius 2 is 1.60 bits per heavy atom. The molecule has 188 valence electrons. The number of fused-ring (bicyclic) bond motifs is 1. The lowest BCUT2D eigenvalue weighted by Crippen LogP contribution is -2.58. The lowest BCUT2D eigenvalue weighted by Gasteiger charge is -2.58. The summed E-state index contributed by atoms with van der Waals surface area (Å²) in [4.78, 5) is 12.9. The zero-order chi connectivity index (χ0) is 25.1. The smallest absolute Gasteiger partial charge is 0.334 e. The lowest BCUT2D eigenvalue weighted by atomic mass is 9.48. The molecule has 0 aromatic heterocycles. The summed E-state index contributed by atoms with van der Waals surface area (Å²) in [5.41, 5.74) is 2.77. The second-order valence-corrected chi connectivity index (χ2v) is 10.6. The third-order valence-corrected chi connectivity index (χ3v) is 8.36. The number of esters is 1. The van der Waals surface area contributed by atoms with Crippen molar-refractivity contribution < 1.29 is 24.1 Å². The Bertz CT molecular complexity index is 1030. The van der Waals surface area contributed by atoms with Gasteiger partial charge < -0.3 is 19.3 Å². The molecule has 1 fully saturated rings. The monoisotopic (exact) mass is 478 g/mol. The van der Waals surface area contributed by atoms with Gasteiger partial charge in [-0.15, -0.1) is 0 Å². The molecule has 0 heterocycles. The summed E-state index contributed by atoms with van der Waals surface area (Å²) >= 11 is 0. The molecule has 5 nitrogen and oxygen atoms in total. The van der Waals surface area contributed by atoms with Crippen molar-refractivity contribution in [2.75, 3.05) is 13.7 Å². The highest BCUT2D eigenvalue weighted by Crippen LogP contribution is 2.60. The first kappa shape index (κ1) is 25.6. The van der Waals surface area contributed by atoms with Gasteiger partial charge in [-0.3, -0.25) is 0 Å². The first-order valence-electron chi connectivity index (χ1n) is 12.5. The van der Waals surface area contributed by atoms with Crippen molar-refractivity contribution >= 4 is 5.97 Å². The van der Waals surface area contributed by atoms with Gasteiger partial charge in [0.25, 0.3) is 0 Å².